The Morgan fingerprint density at radius 3 is 2.28 bits per heavy atom. The molecule has 0 radical (unpaired) electrons. The smallest absolute Gasteiger partial charge is 0.406 e. The molecule has 1 atom stereocenters. The molecule has 0 fully saturated rings. The number of nitrogens with one attached hydrogen (secondary N) is 2. The van der Waals surface area contributed by atoms with E-state index in [0.717, 1.165) is 18.2 Å². The van der Waals surface area contributed by atoms with Crippen molar-refractivity contribution in [3.8, 4) is 17.0 Å². The summed E-state index contributed by atoms with van der Waals surface area (Å²) in [5.41, 5.74) is -0.325. The Kier molecular flexibility index (Phi) is 7.97. The fourth-order valence-electron chi connectivity index (χ4n) is 3.38. The minimum absolute atomic E-state index is 0.0227. The zero-order chi connectivity index (χ0) is 26.7. The number of halogens is 6. The van der Waals surface area contributed by atoms with E-state index in [1.165, 1.54) is 37.3 Å². The van der Waals surface area contributed by atoms with Crippen LogP contribution in [0.25, 0.3) is 11.3 Å². The SMILES string of the molecule is Cc1c(Nc2cc(-c3cccc(OC(F)(F)F)c3)nc(N[C@H](CO)C(C)C)n2)cccc1C(F)(F)F. The summed E-state index contributed by atoms with van der Waals surface area (Å²) in [7, 11) is 0. The van der Waals surface area contributed by atoms with E-state index >= 15 is 0 Å². The van der Waals surface area contributed by atoms with Gasteiger partial charge in [-0.05, 0) is 42.7 Å². The predicted molar refractivity (Wildman–Crippen MR) is 123 cm³/mol. The number of hydrogen-bond donors (Lipinski definition) is 3. The van der Waals surface area contributed by atoms with E-state index in [9.17, 15) is 31.4 Å². The van der Waals surface area contributed by atoms with Crippen molar-refractivity contribution in [1.29, 1.82) is 0 Å². The molecule has 3 aromatic rings. The first-order valence-electron chi connectivity index (χ1n) is 10.8. The first-order chi connectivity index (χ1) is 16.8. The molecule has 6 nitrogen and oxygen atoms in total. The third-order valence-electron chi connectivity index (χ3n) is 5.31. The second-order valence-electron chi connectivity index (χ2n) is 8.32. The van der Waals surface area contributed by atoms with Crippen molar-refractivity contribution in [2.24, 2.45) is 5.92 Å². The minimum Gasteiger partial charge on any atom is -0.406 e. The molecule has 0 saturated carbocycles. The van der Waals surface area contributed by atoms with E-state index in [0.29, 0.717) is 0 Å². The van der Waals surface area contributed by atoms with Crippen molar-refractivity contribution in [2.45, 2.75) is 39.4 Å². The van der Waals surface area contributed by atoms with Crippen LogP contribution in [0.1, 0.15) is 25.0 Å². The molecule has 36 heavy (non-hydrogen) atoms. The van der Waals surface area contributed by atoms with Crippen LogP contribution in [-0.2, 0) is 6.18 Å². The topological polar surface area (TPSA) is 79.3 Å². The predicted octanol–water partition coefficient (Wildman–Crippen LogP) is 6.54. The Morgan fingerprint density at radius 2 is 1.67 bits per heavy atom. The van der Waals surface area contributed by atoms with Gasteiger partial charge in [0, 0.05) is 17.3 Å². The standard InChI is InChI=1S/C24H24F6N4O2/c1-13(2)20(12-35)33-22-32-19(15-6-4-7-16(10-15)36-24(28,29)30)11-21(34-22)31-18-9-5-8-17(14(18)3)23(25,26)27/h4-11,13,20,35H,12H2,1-3H3,(H2,31,32,33,34)/t20-/m1/s1. The van der Waals surface area contributed by atoms with Crippen molar-refractivity contribution in [3.05, 3.63) is 59.7 Å². The molecule has 0 aliphatic rings. The van der Waals surface area contributed by atoms with Gasteiger partial charge in [-0.25, -0.2) is 4.98 Å². The third kappa shape index (κ3) is 7.00. The molecule has 0 bridgehead atoms. The summed E-state index contributed by atoms with van der Waals surface area (Å²) in [6.07, 6.45) is -9.45. The van der Waals surface area contributed by atoms with Gasteiger partial charge in [-0.3, -0.25) is 0 Å². The summed E-state index contributed by atoms with van der Waals surface area (Å²) < 4.78 is 82.1. The van der Waals surface area contributed by atoms with Crippen LogP contribution in [0, 0.1) is 12.8 Å². The summed E-state index contributed by atoms with van der Waals surface area (Å²) >= 11 is 0. The molecule has 3 rings (SSSR count). The Hall–Kier alpha value is -3.54. The highest BCUT2D eigenvalue weighted by Crippen LogP contribution is 2.36. The molecular weight excluding hydrogens is 490 g/mol. The highest BCUT2D eigenvalue weighted by molar-refractivity contribution is 5.70. The van der Waals surface area contributed by atoms with Gasteiger partial charge in [0.2, 0.25) is 5.95 Å². The summed E-state index contributed by atoms with van der Waals surface area (Å²) in [4.78, 5) is 8.64. The molecule has 0 unspecified atom stereocenters. The number of hydrogen-bond acceptors (Lipinski definition) is 6. The first-order valence-corrected chi connectivity index (χ1v) is 10.8. The van der Waals surface area contributed by atoms with Crippen molar-refractivity contribution in [2.75, 3.05) is 17.2 Å². The monoisotopic (exact) mass is 514 g/mol. The van der Waals surface area contributed by atoms with E-state index in [2.05, 4.69) is 25.3 Å². The van der Waals surface area contributed by atoms with Gasteiger partial charge >= 0.3 is 12.5 Å². The van der Waals surface area contributed by atoms with Crippen LogP contribution in [-0.4, -0.2) is 34.1 Å². The Balaban J connectivity index is 2.06. The number of rotatable bonds is 8. The fourth-order valence-corrected chi connectivity index (χ4v) is 3.38. The largest absolute Gasteiger partial charge is 0.573 e. The number of aromatic nitrogens is 2. The molecule has 194 valence electrons. The summed E-state index contributed by atoms with van der Waals surface area (Å²) in [6, 6.07) is 9.69. The molecule has 1 heterocycles. The average molecular weight is 514 g/mol. The molecule has 0 spiro atoms. The second-order valence-corrected chi connectivity index (χ2v) is 8.32. The lowest BCUT2D eigenvalue weighted by Gasteiger charge is -2.21. The molecule has 3 N–H and O–H groups in total. The van der Waals surface area contributed by atoms with Crippen LogP contribution >= 0.6 is 0 Å². The van der Waals surface area contributed by atoms with Crippen molar-refractivity contribution in [1.82, 2.24) is 9.97 Å². The highest BCUT2D eigenvalue weighted by atomic mass is 19.4. The van der Waals surface area contributed by atoms with Crippen LogP contribution in [0.3, 0.4) is 0 Å². The maximum Gasteiger partial charge on any atom is 0.573 e. The zero-order valence-corrected chi connectivity index (χ0v) is 19.5. The average Bonchev–Trinajstić information content (AvgIpc) is 2.77. The Bertz CT molecular complexity index is 1200. The second kappa shape index (κ2) is 10.6. The van der Waals surface area contributed by atoms with Gasteiger partial charge in [0.15, 0.2) is 0 Å². The van der Waals surface area contributed by atoms with Gasteiger partial charge in [0.25, 0.3) is 0 Å². The van der Waals surface area contributed by atoms with Gasteiger partial charge in [-0.2, -0.15) is 18.2 Å². The quantitative estimate of drug-likeness (QED) is 0.296. The highest BCUT2D eigenvalue weighted by Gasteiger charge is 2.33. The molecule has 12 heteroatoms. The normalized spacial score (nSPS) is 13.0. The van der Waals surface area contributed by atoms with E-state index in [4.69, 9.17) is 0 Å². The van der Waals surface area contributed by atoms with Crippen molar-refractivity contribution < 1.29 is 36.2 Å². The van der Waals surface area contributed by atoms with Crippen molar-refractivity contribution >= 4 is 17.5 Å². The minimum atomic E-state index is -4.89. The number of alkyl halides is 6. The Labute approximate surface area is 203 Å². The van der Waals surface area contributed by atoms with Crippen LogP contribution < -0.4 is 15.4 Å². The van der Waals surface area contributed by atoms with Crippen LogP contribution in [0.5, 0.6) is 5.75 Å². The van der Waals surface area contributed by atoms with Gasteiger partial charge in [0.05, 0.1) is 23.9 Å². The van der Waals surface area contributed by atoms with E-state index < -0.39 is 29.9 Å². The number of aliphatic hydroxyl groups excluding tert-OH is 1. The van der Waals surface area contributed by atoms with E-state index in [-0.39, 0.29) is 46.8 Å². The number of anilines is 3. The van der Waals surface area contributed by atoms with Crippen LogP contribution in [0.4, 0.5) is 43.8 Å². The number of benzene rings is 2. The number of nitrogens with zero attached hydrogens (tertiary/aromatic N) is 2. The van der Waals surface area contributed by atoms with Gasteiger partial charge < -0.3 is 20.5 Å². The molecule has 0 aliphatic carbocycles. The lowest BCUT2D eigenvalue weighted by atomic mass is 10.1. The molecule has 2 aromatic carbocycles. The fraction of sp³-hybridized carbons (Fsp3) is 0.333. The van der Waals surface area contributed by atoms with Gasteiger partial charge in [-0.1, -0.05) is 32.0 Å². The maximum atomic E-state index is 13.4. The zero-order valence-electron chi connectivity index (χ0n) is 19.5. The van der Waals surface area contributed by atoms with E-state index in [1.54, 1.807) is 0 Å². The Morgan fingerprint density at radius 1 is 0.972 bits per heavy atom. The third-order valence-corrected chi connectivity index (χ3v) is 5.31. The lowest BCUT2D eigenvalue weighted by molar-refractivity contribution is -0.274. The van der Waals surface area contributed by atoms with E-state index in [1.807, 2.05) is 13.8 Å². The van der Waals surface area contributed by atoms with Gasteiger partial charge in [0.1, 0.15) is 11.6 Å². The summed E-state index contributed by atoms with van der Waals surface area (Å²) in [5, 5.41) is 15.5. The lowest BCUT2D eigenvalue weighted by Crippen LogP contribution is -2.30. The van der Waals surface area contributed by atoms with Crippen LogP contribution in [0.15, 0.2) is 48.5 Å². The molecule has 0 amide bonds. The van der Waals surface area contributed by atoms with Crippen molar-refractivity contribution in [3.63, 3.8) is 0 Å². The molecule has 0 aliphatic heterocycles. The molecule has 0 saturated heterocycles. The number of ether oxygens (including phenoxy) is 1. The number of aliphatic hydroxyl groups is 1. The van der Waals surface area contributed by atoms with Gasteiger partial charge in [-0.15, -0.1) is 13.2 Å². The maximum absolute atomic E-state index is 13.4. The first kappa shape index (κ1) is 27.1. The molecule has 1 aromatic heterocycles. The molecular formula is C24H24F6N4O2. The van der Waals surface area contributed by atoms with Crippen LogP contribution in [0.2, 0.25) is 0 Å². The summed E-state index contributed by atoms with van der Waals surface area (Å²) in [6.45, 7) is 4.75. The summed E-state index contributed by atoms with van der Waals surface area (Å²) in [5.74, 6) is -0.387.